The average Bonchev–Trinajstić information content (AvgIpc) is 4.17. The number of phosphoric acid groups is 4. The van der Waals surface area contributed by atoms with Crippen LogP contribution in [-0.4, -0.2) is 175 Å². The molecular weight excluding hydrogens is 1120 g/mol. The van der Waals surface area contributed by atoms with E-state index in [-0.39, 0.29) is 57.2 Å². The number of rotatable bonds is 19. The van der Waals surface area contributed by atoms with Crippen molar-refractivity contribution >= 4 is 88.4 Å². The highest BCUT2D eigenvalue weighted by Gasteiger charge is 2.54. The highest BCUT2D eigenvalue weighted by atomic mass is 31.3. The molecule has 3 fully saturated rings. The van der Waals surface area contributed by atoms with E-state index in [0.29, 0.717) is 0 Å². The second-order valence-electron chi connectivity index (χ2n) is 16.7. The molecule has 76 heavy (non-hydrogen) atoms. The zero-order chi connectivity index (χ0) is 55.1. The number of fused-ring (bicyclic) bond motifs is 3. The molecule has 0 saturated carbocycles. The van der Waals surface area contributed by atoms with Crippen molar-refractivity contribution in [3.05, 3.63) is 39.7 Å². The predicted molar refractivity (Wildman–Crippen MR) is 243 cm³/mol. The van der Waals surface area contributed by atoms with Crippen LogP contribution in [0, 0.1) is 0 Å². The third-order valence-corrected chi connectivity index (χ3v) is 16.9. The molecule has 0 amide bonds. The number of methoxy groups -OCH3 is 1. The van der Waals surface area contributed by atoms with Gasteiger partial charge in [0.15, 0.2) is 41.4 Å². The molecule has 0 aliphatic carbocycles. The highest BCUT2D eigenvalue weighted by Crippen LogP contribution is 2.68. The van der Waals surface area contributed by atoms with Crippen molar-refractivity contribution < 1.29 is 108 Å². The Kier molecular flexibility index (Phi) is 14.9. The largest absolute Gasteiger partial charge is 0.490 e. The van der Waals surface area contributed by atoms with Crippen LogP contribution in [-0.2, 0) is 71.0 Å². The molecule has 6 aromatic heterocycles. The summed E-state index contributed by atoms with van der Waals surface area (Å²) in [6.45, 7) is -3.45. The van der Waals surface area contributed by atoms with Gasteiger partial charge in [0.05, 0.1) is 39.5 Å². The minimum Gasteiger partial charge on any atom is -0.387 e. The van der Waals surface area contributed by atoms with Crippen molar-refractivity contribution in [2.45, 2.75) is 73.6 Å². The fourth-order valence-electron chi connectivity index (χ4n) is 8.37. The molecule has 3 saturated heterocycles. The zero-order valence-corrected chi connectivity index (χ0v) is 42.0. The second-order valence-corrected chi connectivity index (χ2v) is 22.7. The molecule has 9 rings (SSSR count). The fraction of sp³-hybridized carbons (Fsp3) is 0.531. The number of hydrogen-bond acceptors (Lipinski definition) is 30. The lowest BCUT2D eigenvalue weighted by Gasteiger charge is -2.26. The lowest BCUT2D eigenvalue weighted by Crippen LogP contribution is -2.46. The summed E-state index contributed by atoms with van der Waals surface area (Å²) in [4.78, 5) is 95.6. The Hall–Kier alpha value is -5.35. The number of aromatic nitrogens is 12. The van der Waals surface area contributed by atoms with Gasteiger partial charge in [0.25, 0.3) is 17.1 Å². The lowest BCUT2D eigenvalue weighted by atomic mass is 10.1. The summed E-state index contributed by atoms with van der Waals surface area (Å²) in [5.74, 6) is -1.18. The number of aliphatic hydroxyl groups excluding tert-OH is 4. The molecule has 0 aromatic carbocycles. The number of phosphoric ester groups is 3. The Morgan fingerprint density at radius 3 is 1.86 bits per heavy atom. The molecule has 0 radical (unpaired) electrons. The van der Waals surface area contributed by atoms with Crippen LogP contribution in [0.15, 0.2) is 28.6 Å². The van der Waals surface area contributed by atoms with E-state index < -0.39 is 136 Å². The van der Waals surface area contributed by atoms with Gasteiger partial charge in [-0.25, -0.2) is 32.8 Å². The molecule has 16 atom stereocenters. The van der Waals surface area contributed by atoms with E-state index in [1.54, 1.807) is 0 Å². The Balaban J connectivity index is 0.870. The number of imidazole rings is 3. The third kappa shape index (κ3) is 10.9. The average molecular weight is 1160 g/mol. The number of nitrogen functional groups attached to an aromatic ring is 4. The molecule has 7 unspecified atom stereocenters. The summed E-state index contributed by atoms with van der Waals surface area (Å²) in [6, 6.07) is 0. The van der Waals surface area contributed by atoms with E-state index >= 15 is 0 Å². The number of anilines is 4. The normalized spacial score (nSPS) is 30.2. The van der Waals surface area contributed by atoms with Gasteiger partial charge in [-0.05, 0) is 0 Å². The SMILES string of the molecule is CO[C@H]1C(OP(=O)(O)OC[C@H]2O[C@@H](n3cnc4c(=O)[nH]c(N)nc43)C(O)[C@H]2O)[C@@H](COP(=O)(O)OP(=O)(O)OP(=O)(O)OC[C@H]2O[C@@H]([n+]3cn(C)c4c(=O)[nH]c(N)nc43)[C@@H](O)C2O)O[C@H]1n1cnc2c(N)nc(N)nc21. The molecule has 3 aliphatic rings. The monoisotopic (exact) mass is 1160 g/mol. The number of aromatic amines is 2. The molecule has 0 bridgehead atoms. The number of H-pyrrole nitrogens is 2. The van der Waals surface area contributed by atoms with Crippen molar-refractivity contribution in [3.63, 3.8) is 0 Å². The number of aliphatic hydroxyl groups is 4. The van der Waals surface area contributed by atoms with Crippen LogP contribution in [0.1, 0.15) is 18.7 Å². The summed E-state index contributed by atoms with van der Waals surface area (Å²) in [5, 5.41) is 43.2. The Labute approximate surface area is 420 Å². The number of nitrogens with zero attached hydrogens (tertiary/aromatic N) is 10. The lowest BCUT2D eigenvalue weighted by molar-refractivity contribution is -0.745. The van der Waals surface area contributed by atoms with Crippen LogP contribution in [0.5, 0.6) is 0 Å². The van der Waals surface area contributed by atoms with E-state index in [2.05, 4.69) is 53.0 Å². The molecular formula is C32H45N16O24P4+. The van der Waals surface area contributed by atoms with Crippen molar-refractivity contribution in [2.24, 2.45) is 7.05 Å². The molecule has 416 valence electrons. The first-order valence-corrected chi connectivity index (χ1v) is 27.4. The van der Waals surface area contributed by atoms with E-state index in [1.807, 2.05) is 0 Å². The van der Waals surface area contributed by atoms with Crippen LogP contribution >= 0.6 is 31.3 Å². The van der Waals surface area contributed by atoms with E-state index in [1.165, 1.54) is 17.9 Å². The second kappa shape index (κ2) is 20.5. The molecule has 0 spiro atoms. The van der Waals surface area contributed by atoms with Crippen molar-refractivity contribution in [2.75, 3.05) is 49.9 Å². The van der Waals surface area contributed by atoms with Crippen LogP contribution in [0.3, 0.4) is 0 Å². The van der Waals surface area contributed by atoms with Gasteiger partial charge in [-0.2, -0.15) is 23.6 Å². The van der Waals surface area contributed by atoms with Gasteiger partial charge < -0.3 is 81.9 Å². The Morgan fingerprint density at radius 2 is 1.20 bits per heavy atom. The zero-order valence-electron chi connectivity index (χ0n) is 38.5. The first-order chi connectivity index (χ1) is 35.6. The smallest absolute Gasteiger partial charge is 0.387 e. The maximum absolute atomic E-state index is 13.7. The minimum atomic E-state index is -6.22. The number of hydrogen-bond donors (Lipinski definition) is 14. The fourth-order valence-corrected chi connectivity index (χ4v) is 12.9. The van der Waals surface area contributed by atoms with Crippen molar-refractivity contribution in [3.8, 4) is 0 Å². The number of aryl methyl sites for hydroxylation is 1. The quantitative estimate of drug-likeness (QED) is 0.0266. The van der Waals surface area contributed by atoms with E-state index in [9.17, 15) is 67.8 Å². The van der Waals surface area contributed by atoms with Crippen molar-refractivity contribution in [1.29, 1.82) is 0 Å². The number of ether oxygens (including phenoxy) is 4. The highest BCUT2D eigenvalue weighted by molar-refractivity contribution is 7.66. The minimum absolute atomic E-state index is 0.0279. The van der Waals surface area contributed by atoms with E-state index in [0.717, 1.165) is 33.5 Å². The molecule has 3 aliphatic heterocycles. The summed E-state index contributed by atoms with van der Waals surface area (Å²) in [7, 11) is -21.0. The third-order valence-electron chi connectivity index (χ3n) is 11.6. The molecule has 6 aromatic rings. The Bertz CT molecular complexity index is 3520. The Morgan fingerprint density at radius 1 is 0.658 bits per heavy atom. The topological polar surface area (TPSA) is 588 Å². The summed E-state index contributed by atoms with van der Waals surface area (Å²) in [5.41, 5.74) is 21.0. The predicted octanol–water partition coefficient (Wildman–Crippen LogP) is -5.13. The molecule has 18 N–H and O–H groups in total. The molecule has 44 heteroatoms. The maximum Gasteiger partial charge on any atom is 0.490 e. The van der Waals surface area contributed by atoms with Gasteiger partial charge in [0.1, 0.15) is 60.5 Å². The van der Waals surface area contributed by atoms with Gasteiger partial charge in [-0.3, -0.25) is 51.4 Å². The van der Waals surface area contributed by atoms with Crippen LogP contribution in [0.25, 0.3) is 33.5 Å². The van der Waals surface area contributed by atoms with Crippen LogP contribution < -0.4 is 38.6 Å². The maximum atomic E-state index is 13.7. The summed E-state index contributed by atoms with van der Waals surface area (Å²) < 4.78 is 109. The number of nitrogens with one attached hydrogen (secondary N) is 2. The van der Waals surface area contributed by atoms with Crippen LogP contribution in [0.2, 0.25) is 0 Å². The van der Waals surface area contributed by atoms with Gasteiger partial charge in [0, 0.05) is 7.11 Å². The van der Waals surface area contributed by atoms with E-state index in [4.69, 9.17) is 55.5 Å². The first kappa shape index (κ1) is 55.4. The van der Waals surface area contributed by atoms with Gasteiger partial charge >= 0.3 is 36.9 Å². The van der Waals surface area contributed by atoms with Gasteiger partial charge in [0.2, 0.25) is 23.6 Å². The molecule has 9 heterocycles. The first-order valence-electron chi connectivity index (χ1n) is 21.4. The number of nitrogens with two attached hydrogens (primary N) is 4. The summed E-state index contributed by atoms with van der Waals surface area (Å²) >= 11 is 0. The summed E-state index contributed by atoms with van der Waals surface area (Å²) in [6.07, 6.45) is -17.2. The van der Waals surface area contributed by atoms with Crippen LogP contribution in [0.4, 0.5) is 23.7 Å². The molecule has 40 nitrogen and oxygen atoms in total. The van der Waals surface area contributed by atoms with Crippen molar-refractivity contribution in [1.82, 2.24) is 53.6 Å². The van der Waals surface area contributed by atoms with Gasteiger partial charge in [-0.1, -0.05) is 4.98 Å². The standard InChI is InChI=1S/C32H44N16O24P4/c1-45-8-48(24-14(45)26(54)44-32(36)42-24)28-18(52)16(50)10(68-28)4-65-74(57,58)71-76(61,62)72-75(59,60)66-5-11-19(20(63-2)29(69-11)47-6-37-12-21(33)39-30(34)40-22(12)47)70-73(55,56)64-3-9-15(49)17(51)27(67-9)46-7-38-13-23(46)41-31(35)43-25(13)53/h6-11,15-20,27-29,49-52H,3-5H2,1-2H3,(H13-,33,34,35,36,39,40,41,42,43,44,53,54,55,56,57,58,59,60,61,62)/p+1/t9-,10-,11-,15+,16?,17?,18+,19?,20+,27-,28-,29-/m1/s1. The van der Waals surface area contributed by atoms with Gasteiger partial charge in [-0.15, -0.1) is 0 Å².